The Morgan fingerprint density at radius 3 is 1.36 bits per heavy atom. The molecule has 0 rings (SSSR count). The van der Waals surface area contributed by atoms with Crippen molar-refractivity contribution in [2.24, 2.45) is 0 Å². The molecule has 3 heteroatoms. The maximum Gasteiger partial charge on any atom is 0.320 e. The van der Waals surface area contributed by atoms with Crippen molar-refractivity contribution in [3.63, 3.8) is 0 Å². The Hall–Kier alpha value is -0.123. The Labute approximate surface area is 141 Å². The van der Waals surface area contributed by atoms with Gasteiger partial charge in [0.1, 0.15) is 0 Å². The SMILES string of the molecule is C=CCCCCCCCCCCCCCCC[SiH](OC)OC. The molecule has 0 aliphatic heterocycles. The molecule has 0 N–H and O–H groups in total. The molecule has 0 aromatic heterocycles. The van der Waals surface area contributed by atoms with E-state index in [9.17, 15) is 0 Å². The summed E-state index contributed by atoms with van der Waals surface area (Å²) in [6, 6.07) is 1.17. The Morgan fingerprint density at radius 2 is 1.00 bits per heavy atom. The molecule has 0 spiro atoms. The highest BCUT2D eigenvalue weighted by Crippen LogP contribution is 2.14. The zero-order chi connectivity index (χ0) is 16.3. The Balaban J connectivity index is 3.04. The molecular weight excluding hydrogens is 288 g/mol. The maximum absolute atomic E-state index is 5.33. The van der Waals surface area contributed by atoms with E-state index < -0.39 is 9.28 Å². The molecule has 22 heavy (non-hydrogen) atoms. The van der Waals surface area contributed by atoms with E-state index in [0.29, 0.717) is 0 Å². The van der Waals surface area contributed by atoms with Gasteiger partial charge in [0.25, 0.3) is 0 Å². The maximum atomic E-state index is 5.33. The molecule has 0 amide bonds. The standard InChI is InChI=1S/C19H40O2Si/c1-4-5-6-7-8-9-10-11-12-13-14-15-16-17-18-19-22(20-2)21-3/h4,22H,1,5-19H2,2-3H3. The monoisotopic (exact) mass is 328 g/mol. The summed E-state index contributed by atoms with van der Waals surface area (Å²) in [7, 11) is 2.27. The van der Waals surface area contributed by atoms with Crippen molar-refractivity contribution in [2.75, 3.05) is 14.2 Å². The molecule has 0 fully saturated rings. The van der Waals surface area contributed by atoms with E-state index in [1.165, 1.54) is 95.9 Å². The lowest BCUT2D eigenvalue weighted by molar-refractivity contribution is 0.276. The molecule has 0 bridgehead atoms. The van der Waals surface area contributed by atoms with E-state index in [4.69, 9.17) is 8.85 Å². The summed E-state index contributed by atoms with van der Waals surface area (Å²) in [6.07, 6.45) is 21.4. The first-order valence-corrected chi connectivity index (χ1v) is 11.3. The largest absolute Gasteiger partial charge is 0.400 e. The fourth-order valence-electron chi connectivity index (χ4n) is 2.88. The first-order chi connectivity index (χ1) is 10.8. The van der Waals surface area contributed by atoms with Crippen LogP contribution in [0.4, 0.5) is 0 Å². The van der Waals surface area contributed by atoms with Crippen molar-refractivity contribution in [1.82, 2.24) is 0 Å². The van der Waals surface area contributed by atoms with Crippen molar-refractivity contribution in [3.05, 3.63) is 12.7 Å². The summed E-state index contributed by atoms with van der Waals surface area (Å²) in [5.74, 6) is 0. The number of hydrogen-bond donors (Lipinski definition) is 0. The van der Waals surface area contributed by atoms with Gasteiger partial charge in [-0.05, 0) is 18.9 Å². The zero-order valence-electron chi connectivity index (χ0n) is 15.3. The van der Waals surface area contributed by atoms with Crippen molar-refractivity contribution >= 4 is 9.28 Å². The smallest absolute Gasteiger partial charge is 0.320 e. The Morgan fingerprint density at radius 1 is 0.636 bits per heavy atom. The van der Waals surface area contributed by atoms with Gasteiger partial charge in [0.05, 0.1) is 0 Å². The molecule has 0 aliphatic carbocycles. The summed E-state index contributed by atoms with van der Waals surface area (Å²) in [5.41, 5.74) is 0. The number of allylic oxidation sites excluding steroid dienone is 1. The molecule has 2 nitrogen and oxygen atoms in total. The summed E-state index contributed by atoms with van der Waals surface area (Å²) in [4.78, 5) is 0. The first kappa shape index (κ1) is 21.9. The van der Waals surface area contributed by atoms with Crippen molar-refractivity contribution in [2.45, 2.75) is 95.9 Å². The number of unbranched alkanes of at least 4 members (excludes halogenated alkanes) is 13. The van der Waals surface area contributed by atoms with Crippen LogP contribution in [0.3, 0.4) is 0 Å². The highest BCUT2D eigenvalue weighted by atomic mass is 28.3. The third-order valence-electron chi connectivity index (χ3n) is 4.37. The van der Waals surface area contributed by atoms with Crippen LogP contribution in [0.15, 0.2) is 12.7 Å². The van der Waals surface area contributed by atoms with Gasteiger partial charge in [-0.15, -0.1) is 6.58 Å². The molecule has 132 valence electrons. The fraction of sp³-hybridized carbons (Fsp3) is 0.895. The minimum Gasteiger partial charge on any atom is -0.400 e. The fourth-order valence-corrected chi connectivity index (χ4v) is 4.16. The second-order valence-electron chi connectivity index (χ2n) is 6.36. The second-order valence-corrected chi connectivity index (χ2v) is 8.74. The average molecular weight is 329 g/mol. The van der Waals surface area contributed by atoms with Crippen LogP contribution in [0.2, 0.25) is 6.04 Å². The summed E-state index contributed by atoms with van der Waals surface area (Å²) in [6.45, 7) is 3.77. The van der Waals surface area contributed by atoms with Crippen LogP contribution in [0.25, 0.3) is 0 Å². The third kappa shape index (κ3) is 16.3. The number of rotatable bonds is 18. The minimum atomic E-state index is -1.29. The molecule has 0 aromatic carbocycles. The second kappa shape index (κ2) is 18.9. The van der Waals surface area contributed by atoms with Crippen LogP contribution in [0.5, 0.6) is 0 Å². The lowest BCUT2D eigenvalue weighted by atomic mass is 10.0. The molecule has 0 saturated carbocycles. The van der Waals surface area contributed by atoms with Gasteiger partial charge in [0.2, 0.25) is 0 Å². The van der Waals surface area contributed by atoms with Crippen LogP contribution in [-0.4, -0.2) is 23.5 Å². The summed E-state index contributed by atoms with van der Waals surface area (Å²) >= 11 is 0. The molecule has 0 aromatic rings. The first-order valence-electron chi connectivity index (χ1n) is 9.51. The van der Waals surface area contributed by atoms with Gasteiger partial charge in [0.15, 0.2) is 0 Å². The van der Waals surface area contributed by atoms with Crippen LogP contribution >= 0.6 is 0 Å². The third-order valence-corrected chi connectivity index (χ3v) is 6.31. The Bertz CT molecular complexity index is 217. The highest BCUT2D eigenvalue weighted by molar-refractivity contribution is 6.44. The lowest BCUT2D eigenvalue weighted by Crippen LogP contribution is -2.18. The van der Waals surface area contributed by atoms with Crippen molar-refractivity contribution in [3.8, 4) is 0 Å². The molecule has 0 atom stereocenters. The molecular formula is C19H40O2Si. The topological polar surface area (TPSA) is 18.5 Å². The number of hydrogen-bond acceptors (Lipinski definition) is 2. The molecule has 0 unspecified atom stereocenters. The minimum absolute atomic E-state index is 1.17. The molecule has 0 radical (unpaired) electrons. The van der Waals surface area contributed by atoms with Crippen LogP contribution < -0.4 is 0 Å². The zero-order valence-corrected chi connectivity index (χ0v) is 16.4. The van der Waals surface area contributed by atoms with Gasteiger partial charge in [-0.2, -0.15) is 0 Å². The normalized spacial score (nSPS) is 11.2. The van der Waals surface area contributed by atoms with Crippen LogP contribution in [-0.2, 0) is 8.85 Å². The van der Waals surface area contributed by atoms with E-state index in [-0.39, 0.29) is 0 Å². The van der Waals surface area contributed by atoms with Gasteiger partial charge in [0, 0.05) is 14.2 Å². The quantitative estimate of drug-likeness (QED) is 0.171. The Kier molecular flexibility index (Phi) is 18.8. The van der Waals surface area contributed by atoms with E-state index in [1.807, 2.05) is 6.08 Å². The summed E-state index contributed by atoms with van der Waals surface area (Å²) < 4.78 is 10.7. The summed E-state index contributed by atoms with van der Waals surface area (Å²) in [5, 5.41) is 0. The van der Waals surface area contributed by atoms with Crippen LogP contribution in [0.1, 0.15) is 89.9 Å². The lowest BCUT2D eigenvalue weighted by Gasteiger charge is -2.10. The van der Waals surface area contributed by atoms with E-state index in [1.54, 1.807) is 14.2 Å². The van der Waals surface area contributed by atoms with E-state index in [0.717, 1.165) is 0 Å². The predicted octanol–water partition coefficient (Wildman–Crippen LogP) is 6.15. The van der Waals surface area contributed by atoms with Crippen molar-refractivity contribution < 1.29 is 8.85 Å². The van der Waals surface area contributed by atoms with E-state index >= 15 is 0 Å². The highest BCUT2D eigenvalue weighted by Gasteiger charge is 2.07. The van der Waals surface area contributed by atoms with Crippen LogP contribution in [0, 0.1) is 0 Å². The van der Waals surface area contributed by atoms with Gasteiger partial charge >= 0.3 is 9.28 Å². The van der Waals surface area contributed by atoms with Crippen molar-refractivity contribution in [1.29, 1.82) is 0 Å². The predicted molar refractivity (Wildman–Crippen MR) is 101 cm³/mol. The van der Waals surface area contributed by atoms with Gasteiger partial charge in [-0.25, -0.2) is 0 Å². The molecule has 0 aliphatic rings. The molecule has 0 saturated heterocycles. The molecule has 0 heterocycles. The van der Waals surface area contributed by atoms with Gasteiger partial charge in [-0.3, -0.25) is 0 Å². The average Bonchev–Trinajstić information content (AvgIpc) is 2.55. The van der Waals surface area contributed by atoms with Gasteiger partial charge in [-0.1, -0.05) is 83.1 Å². The van der Waals surface area contributed by atoms with Gasteiger partial charge < -0.3 is 8.85 Å². The van der Waals surface area contributed by atoms with E-state index in [2.05, 4.69) is 6.58 Å².